The molecule has 0 aliphatic rings. The number of hydrogen-bond acceptors (Lipinski definition) is 6. The molecule has 0 atom stereocenters. The van der Waals surface area contributed by atoms with Crippen LogP contribution in [0.2, 0.25) is 0 Å². The molecule has 2 aromatic carbocycles. The summed E-state index contributed by atoms with van der Waals surface area (Å²) in [6, 6.07) is 13.7. The second-order valence-electron chi connectivity index (χ2n) is 6.06. The molecule has 0 amide bonds. The van der Waals surface area contributed by atoms with E-state index >= 15 is 0 Å². The smallest absolute Gasteiger partial charge is 0.293 e. The average Bonchev–Trinajstić information content (AvgIpc) is 2.65. The van der Waals surface area contributed by atoms with Gasteiger partial charge < -0.3 is 16.4 Å². The molecule has 29 heavy (non-hydrogen) atoms. The van der Waals surface area contributed by atoms with E-state index in [-0.39, 0.29) is 40.2 Å². The molecule has 0 aromatic heterocycles. The van der Waals surface area contributed by atoms with Gasteiger partial charge in [-0.1, -0.05) is 30.3 Å². The fourth-order valence-electron chi connectivity index (χ4n) is 2.44. The van der Waals surface area contributed by atoms with E-state index < -0.39 is 14.8 Å². The molecule has 4 N–H and O–H groups in total. The van der Waals surface area contributed by atoms with Crippen LogP contribution in [0.5, 0.6) is 0 Å². The molecule has 11 heteroatoms. The van der Waals surface area contributed by atoms with Gasteiger partial charge in [0.25, 0.3) is 5.69 Å². The standard InChI is InChI=1S/C18H23N5O4S.HI/c1-28(26,27)15-7-8-16(17(13-15)23(24)25)20-11-12-22-18(19)21-10-9-14-5-3-2-4-6-14;/h2-8,13,20H,9-12H2,1H3,(H3,19,21,22);1H. The fourth-order valence-corrected chi connectivity index (χ4v) is 3.08. The van der Waals surface area contributed by atoms with Crippen LogP contribution in [-0.4, -0.2) is 45.2 Å². The average molecular weight is 533 g/mol. The van der Waals surface area contributed by atoms with Crippen LogP contribution in [0.3, 0.4) is 0 Å². The number of guanidine groups is 1. The minimum Gasteiger partial charge on any atom is -0.378 e. The van der Waals surface area contributed by atoms with Crippen LogP contribution in [0.15, 0.2) is 58.4 Å². The molecule has 0 unspecified atom stereocenters. The van der Waals surface area contributed by atoms with Gasteiger partial charge in [-0.3, -0.25) is 15.1 Å². The molecular weight excluding hydrogens is 509 g/mol. The van der Waals surface area contributed by atoms with E-state index in [1.54, 1.807) is 0 Å². The van der Waals surface area contributed by atoms with Crippen molar-refractivity contribution in [3.8, 4) is 0 Å². The van der Waals surface area contributed by atoms with Crippen molar-refractivity contribution in [1.29, 1.82) is 0 Å². The molecule has 0 saturated heterocycles. The van der Waals surface area contributed by atoms with Crippen LogP contribution in [-0.2, 0) is 16.3 Å². The number of halogens is 1. The quantitative estimate of drug-likeness (QED) is 0.112. The van der Waals surface area contributed by atoms with Gasteiger partial charge in [0.2, 0.25) is 0 Å². The highest BCUT2D eigenvalue weighted by molar-refractivity contribution is 14.0. The largest absolute Gasteiger partial charge is 0.378 e. The summed E-state index contributed by atoms with van der Waals surface area (Å²) in [5.41, 5.74) is 6.91. The maximum atomic E-state index is 11.6. The van der Waals surface area contributed by atoms with Crippen LogP contribution < -0.4 is 16.4 Å². The Labute approximate surface area is 186 Å². The van der Waals surface area contributed by atoms with Crippen molar-refractivity contribution >= 4 is 51.1 Å². The van der Waals surface area contributed by atoms with Gasteiger partial charge >= 0.3 is 0 Å². The minimum absolute atomic E-state index is 0. The van der Waals surface area contributed by atoms with Crippen molar-refractivity contribution < 1.29 is 13.3 Å². The summed E-state index contributed by atoms with van der Waals surface area (Å²) >= 11 is 0. The molecular formula is C18H24IN5O4S. The Balaban J connectivity index is 0.00000420. The van der Waals surface area contributed by atoms with Gasteiger partial charge in [0.1, 0.15) is 5.69 Å². The molecule has 9 nitrogen and oxygen atoms in total. The maximum Gasteiger partial charge on any atom is 0.293 e. The first-order valence-corrected chi connectivity index (χ1v) is 10.5. The highest BCUT2D eigenvalue weighted by atomic mass is 127. The van der Waals surface area contributed by atoms with Gasteiger partial charge in [-0.15, -0.1) is 24.0 Å². The van der Waals surface area contributed by atoms with Crippen LogP contribution in [0, 0.1) is 10.1 Å². The lowest BCUT2D eigenvalue weighted by Crippen LogP contribution is -2.35. The topological polar surface area (TPSA) is 140 Å². The molecule has 0 fully saturated rings. The Morgan fingerprint density at radius 3 is 2.48 bits per heavy atom. The highest BCUT2D eigenvalue weighted by Gasteiger charge is 2.18. The summed E-state index contributed by atoms with van der Waals surface area (Å²) in [6.45, 7) is 1.29. The second kappa shape index (κ2) is 11.6. The first-order valence-electron chi connectivity index (χ1n) is 8.57. The maximum absolute atomic E-state index is 11.6. The van der Waals surface area contributed by atoms with E-state index in [2.05, 4.69) is 15.6 Å². The number of aliphatic imine (C=N–C) groups is 1. The Hall–Kier alpha value is -2.41. The van der Waals surface area contributed by atoms with Gasteiger partial charge in [-0.25, -0.2) is 8.42 Å². The SMILES string of the molecule is CS(=O)(=O)c1ccc(NCCNC(N)=NCCc2ccccc2)c([N+](=O)[O-])c1.I. The molecule has 2 aromatic rings. The van der Waals surface area contributed by atoms with E-state index in [0.717, 1.165) is 18.7 Å². The third kappa shape index (κ3) is 8.23. The second-order valence-corrected chi connectivity index (χ2v) is 8.08. The van der Waals surface area contributed by atoms with Crippen molar-refractivity contribution in [2.75, 3.05) is 31.2 Å². The van der Waals surface area contributed by atoms with Gasteiger partial charge in [-0.05, 0) is 24.1 Å². The number of nitro benzene ring substituents is 1. The number of hydrogen-bond donors (Lipinski definition) is 3. The van der Waals surface area contributed by atoms with Crippen LogP contribution in [0.1, 0.15) is 5.56 Å². The first-order chi connectivity index (χ1) is 13.3. The van der Waals surface area contributed by atoms with Crippen molar-refractivity contribution in [3.05, 3.63) is 64.2 Å². The lowest BCUT2D eigenvalue weighted by atomic mass is 10.2. The summed E-state index contributed by atoms with van der Waals surface area (Å²) in [5, 5.41) is 17.0. The molecule has 0 spiro atoms. The molecule has 158 valence electrons. The Morgan fingerprint density at radius 1 is 1.17 bits per heavy atom. The summed E-state index contributed by atoms with van der Waals surface area (Å²) in [4.78, 5) is 14.7. The van der Waals surface area contributed by atoms with Crippen LogP contribution in [0.4, 0.5) is 11.4 Å². The first kappa shape index (κ1) is 24.6. The number of benzene rings is 2. The molecule has 0 bridgehead atoms. The number of nitro groups is 1. The number of nitrogens with one attached hydrogen (secondary N) is 2. The number of sulfone groups is 1. The lowest BCUT2D eigenvalue weighted by Gasteiger charge is -2.10. The van der Waals surface area contributed by atoms with Gasteiger partial charge in [0.05, 0.1) is 9.82 Å². The van der Waals surface area contributed by atoms with Gasteiger partial charge in [0, 0.05) is 32.0 Å². The zero-order valence-corrected chi connectivity index (χ0v) is 19.0. The van der Waals surface area contributed by atoms with E-state index in [1.165, 1.54) is 17.7 Å². The number of nitrogens with two attached hydrogens (primary N) is 1. The number of rotatable bonds is 9. The molecule has 0 saturated carbocycles. The zero-order chi connectivity index (χ0) is 20.6. The lowest BCUT2D eigenvalue weighted by molar-refractivity contribution is -0.384. The van der Waals surface area contributed by atoms with E-state index in [0.29, 0.717) is 25.6 Å². The Bertz CT molecular complexity index is 952. The third-order valence-corrected chi connectivity index (χ3v) is 4.98. The van der Waals surface area contributed by atoms with Gasteiger partial charge in [0.15, 0.2) is 15.8 Å². The van der Waals surface area contributed by atoms with E-state index in [1.807, 2.05) is 30.3 Å². The molecule has 2 rings (SSSR count). The van der Waals surface area contributed by atoms with Crippen molar-refractivity contribution in [3.63, 3.8) is 0 Å². The van der Waals surface area contributed by atoms with E-state index in [4.69, 9.17) is 5.73 Å². The van der Waals surface area contributed by atoms with Crippen molar-refractivity contribution in [2.24, 2.45) is 10.7 Å². The summed E-state index contributed by atoms with van der Waals surface area (Å²) in [7, 11) is -3.52. The van der Waals surface area contributed by atoms with Crippen molar-refractivity contribution in [2.45, 2.75) is 11.3 Å². The highest BCUT2D eigenvalue weighted by Crippen LogP contribution is 2.27. The predicted molar refractivity (Wildman–Crippen MR) is 125 cm³/mol. The fraction of sp³-hybridized carbons (Fsp3) is 0.278. The zero-order valence-electron chi connectivity index (χ0n) is 15.9. The number of nitrogens with zero attached hydrogens (tertiary/aromatic N) is 2. The van der Waals surface area contributed by atoms with Crippen molar-refractivity contribution in [1.82, 2.24) is 5.32 Å². The molecule has 0 aliphatic heterocycles. The molecule has 0 heterocycles. The normalized spacial score (nSPS) is 11.4. The van der Waals surface area contributed by atoms with E-state index in [9.17, 15) is 18.5 Å². The van der Waals surface area contributed by atoms with Crippen LogP contribution >= 0.6 is 24.0 Å². The monoisotopic (exact) mass is 533 g/mol. The summed E-state index contributed by atoms with van der Waals surface area (Å²) in [5.74, 6) is 0.291. The third-order valence-electron chi connectivity index (χ3n) is 3.87. The minimum atomic E-state index is -3.52. The molecule has 0 aliphatic carbocycles. The molecule has 0 radical (unpaired) electrons. The summed E-state index contributed by atoms with van der Waals surface area (Å²) < 4.78 is 23.1. The Morgan fingerprint density at radius 2 is 1.86 bits per heavy atom. The number of anilines is 1. The van der Waals surface area contributed by atoms with Gasteiger partial charge in [-0.2, -0.15) is 0 Å². The summed E-state index contributed by atoms with van der Waals surface area (Å²) in [6.07, 6.45) is 1.78. The van der Waals surface area contributed by atoms with Crippen LogP contribution in [0.25, 0.3) is 0 Å². The Kier molecular flexibility index (Phi) is 9.81. The predicted octanol–water partition coefficient (Wildman–Crippen LogP) is 2.18.